The van der Waals surface area contributed by atoms with Crippen molar-refractivity contribution in [3.05, 3.63) is 65.2 Å². The number of unbranched alkanes of at least 4 members (excludes halogenated alkanes) is 1. The smallest absolute Gasteiger partial charge is 0.338 e. The van der Waals surface area contributed by atoms with Crippen molar-refractivity contribution in [2.75, 3.05) is 13.7 Å². The molecule has 1 unspecified atom stereocenters. The second kappa shape index (κ2) is 10.7. The lowest BCUT2D eigenvalue weighted by molar-refractivity contribution is -0.143. The van der Waals surface area contributed by atoms with E-state index in [1.54, 1.807) is 45.2 Å². The lowest BCUT2D eigenvalue weighted by atomic mass is 9.92. The Balaban J connectivity index is 2.01. The van der Waals surface area contributed by atoms with Gasteiger partial charge in [0.25, 0.3) is 0 Å². The molecule has 0 saturated heterocycles. The van der Waals surface area contributed by atoms with Crippen molar-refractivity contribution in [3.63, 3.8) is 0 Å². The first kappa shape index (κ1) is 23.2. The van der Waals surface area contributed by atoms with Crippen LogP contribution in [0.25, 0.3) is 5.70 Å². The molecule has 2 N–H and O–H groups in total. The number of ether oxygens (including phenoxy) is 3. The maximum absolute atomic E-state index is 13.1. The van der Waals surface area contributed by atoms with Crippen molar-refractivity contribution in [3.8, 4) is 11.5 Å². The van der Waals surface area contributed by atoms with Crippen molar-refractivity contribution in [1.29, 1.82) is 0 Å². The first-order chi connectivity index (χ1) is 15.4. The third-order valence-corrected chi connectivity index (χ3v) is 4.99. The number of rotatable bonds is 9. The Kier molecular flexibility index (Phi) is 7.76. The van der Waals surface area contributed by atoms with Gasteiger partial charge in [-0.3, -0.25) is 0 Å². The summed E-state index contributed by atoms with van der Waals surface area (Å²) in [6.45, 7) is 6.33. The Hall–Kier alpha value is -3.48. The minimum absolute atomic E-state index is 0.306. The number of methoxy groups -OCH3 is 1. The first-order valence-electron chi connectivity index (χ1n) is 10.8. The highest BCUT2D eigenvalue weighted by Crippen LogP contribution is 2.33. The van der Waals surface area contributed by atoms with Crippen LogP contribution in [0.15, 0.2) is 54.1 Å². The highest BCUT2D eigenvalue weighted by Gasteiger charge is 2.34. The molecule has 7 nitrogen and oxygen atoms in total. The van der Waals surface area contributed by atoms with Crippen LogP contribution in [-0.4, -0.2) is 31.8 Å². The second-order valence-corrected chi connectivity index (χ2v) is 7.77. The molecule has 1 aliphatic rings. The van der Waals surface area contributed by atoms with Gasteiger partial charge in [0.1, 0.15) is 11.5 Å². The van der Waals surface area contributed by atoms with E-state index in [4.69, 9.17) is 14.2 Å². The van der Waals surface area contributed by atoms with E-state index in [1.807, 2.05) is 24.3 Å². The molecular weight excluding hydrogens is 408 g/mol. The monoisotopic (exact) mass is 438 g/mol. The Morgan fingerprint density at radius 3 is 2.28 bits per heavy atom. The number of nitrogens with one attached hydrogen (secondary N) is 2. The number of amides is 2. The molecule has 2 amide bonds. The van der Waals surface area contributed by atoms with E-state index in [9.17, 15) is 9.59 Å². The lowest BCUT2D eigenvalue weighted by Gasteiger charge is -2.30. The quantitative estimate of drug-likeness (QED) is 0.442. The molecule has 0 aliphatic carbocycles. The zero-order valence-electron chi connectivity index (χ0n) is 18.9. The van der Waals surface area contributed by atoms with Gasteiger partial charge in [-0.1, -0.05) is 25.5 Å². The van der Waals surface area contributed by atoms with Crippen LogP contribution in [0.3, 0.4) is 0 Å². The van der Waals surface area contributed by atoms with Gasteiger partial charge in [0.05, 0.1) is 37.1 Å². The normalized spacial score (nSPS) is 15.8. The number of benzene rings is 2. The summed E-state index contributed by atoms with van der Waals surface area (Å²) in [6.07, 6.45) is 1.73. The largest absolute Gasteiger partial charge is 0.497 e. The minimum Gasteiger partial charge on any atom is -0.497 e. The molecule has 32 heavy (non-hydrogen) atoms. The molecule has 3 rings (SSSR count). The number of carbonyl (C=O) groups is 2. The molecule has 0 saturated carbocycles. The predicted octanol–water partition coefficient (Wildman–Crippen LogP) is 4.59. The van der Waals surface area contributed by atoms with Gasteiger partial charge in [0.15, 0.2) is 0 Å². The van der Waals surface area contributed by atoms with Crippen LogP contribution in [-0.2, 0) is 9.53 Å². The van der Waals surface area contributed by atoms with Gasteiger partial charge in [-0.15, -0.1) is 0 Å². The van der Waals surface area contributed by atoms with E-state index in [-0.39, 0.29) is 6.10 Å². The summed E-state index contributed by atoms with van der Waals surface area (Å²) < 4.78 is 16.5. The van der Waals surface area contributed by atoms with E-state index < -0.39 is 18.0 Å². The number of hydrogen-bond donors (Lipinski definition) is 2. The first-order valence-corrected chi connectivity index (χ1v) is 10.8. The topological polar surface area (TPSA) is 85.9 Å². The van der Waals surface area contributed by atoms with Gasteiger partial charge in [0, 0.05) is 0 Å². The lowest BCUT2D eigenvalue weighted by Crippen LogP contribution is -2.45. The minimum atomic E-state index is -0.670. The molecule has 1 atom stereocenters. The molecule has 0 spiro atoms. The summed E-state index contributed by atoms with van der Waals surface area (Å²) in [4.78, 5) is 25.7. The number of hydrogen-bond acceptors (Lipinski definition) is 5. The van der Waals surface area contributed by atoms with Gasteiger partial charge < -0.3 is 24.8 Å². The third kappa shape index (κ3) is 5.60. The maximum Gasteiger partial charge on any atom is 0.338 e. The van der Waals surface area contributed by atoms with Gasteiger partial charge in [-0.25, -0.2) is 9.59 Å². The number of carbonyl (C=O) groups excluding carboxylic acids is 2. The van der Waals surface area contributed by atoms with Gasteiger partial charge in [-0.05, 0) is 67.8 Å². The van der Waals surface area contributed by atoms with Crippen LogP contribution < -0.4 is 20.1 Å². The molecule has 1 aliphatic heterocycles. The standard InChI is InChI=1S/C25H30N2O5/c1-5-6-15-31-20-13-9-18(10-14-20)23-21(24(28)32-16(2)3)22(26-25(29)27-23)17-7-11-19(30-4)12-8-17/h7-14,16,23H,5-6,15H2,1-4H3,(H2,26,27,29). The van der Waals surface area contributed by atoms with Crippen LogP contribution in [0, 0.1) is 0 Å². The molecule has 2 aromatic rings. The van der Waals surface area contributed by atoms with Crippen LogP contribution in [0.4, 0.5) is 4.79 Å². The summed E-state index contributed by atoms with van der Waals surface area (Å²) in [5.41, 5.74) is 2.18. The van der Waals surface area contributed by atoms with E-state index >= 15 is 0 Å². The molecule has 0 fully saturated rings. The van der Waals surface area contributed by atoms with E-state index in [1.165, 1.54) is 0 Å². The van der Waals surface area contributed by atoms with Crippen LogP contribution in [0.2, 0.25) is 0 Å². The zero-order chi connectivity index (χ0) is 23.1. The third-order valence-electron chi connectivity index (χ3n) is 4.99. The fourth-order valence-corrected chi connectivity index (χ4v) is 3.39. The van der Waals surface area contributed by atoms with Crippen LogP contribution >= 0.6 is 0 Å². The van der Waals surface area contributed by atoms with Crippen molar-refractivity contribution in [1.82, 2.24) is 10.6 Å². The summed E-state index contributed by atoms with van der Waals surface area (Å²) in [5, 5.41) is 5.64. The molecule has 0 bridgehead atoms. The van der Waals surface area contributed by atoms with Crippen molar-refractivity contribution >= 4 is 17.7 Å². The Labute approximate surface area is 188 Å². The summed E-state index contributed by atoms with van der Waals surface area (Å²) in [7, 11) is 1.58. The van der Waals surface area contributed by atoms with Gasteiger partial charge in [0.2, 0.25) is 0 Å². The zero-order valence-corrected chi connectivity index (χ0v) is 18.9. The highest BCUT2D eigenvalue weighted by molar-refractivity contribution is 6.04. The molecule has 1 heterocycles. The SMILES string of the molecule is CCCCOc1ccc(C2NC(=O)NC(c3ccc(OC)cc3)=C2C(=O)OC(C)C)cc1. The summed E-state index contributed by atoms with van der Waals surface area (Å²) >= 11 is 0. The molecule has 2 aromatic carbocycles. The fraction of sp³-hybridized carbons (Fsp3) is 0.360. The van der Waals surface area contributed by atoms with E-state index in [0.29, 0.717) is 29.2 Å². The van der Waals surface area contributed by atoms with Crippen molar-refractivity contribution in [2.45, 2.75) is 45.8 Å². The summed E-state index contributed by atoms with van der Waals surface area (Å²) in [5.74, 6) is 0.927. The summed E-state index contributed by atoms with van der Waals surface area (Å²) in [6, 6.07) is 13.5. The van der Waals surface area contributed by atoms with E-state index in [2.05, 4.69) is 17.6 Å². The Morgan fingerprint density at radius 2 is 1.69 bits per heavy atom. The highest BCUT2D eigenvalue weighted by atomic mass is 16.5. The average molecular weight is 439 g/mol. The van der Waals surface area contributed by atoms with Crippen LogP contribution in [0.1, 0.15) is 50.8 Å². The molecular formula is C25H30N2O5. The van der Waals surface area contributed by atoms with Crippen molar-refractivity contribution < 1.29 is 23.8 Å². The number of urea groups is 1. The predicted molar refractivity (Wildman–Crippen MR) is 122 cm³/mol. The second-order valence-electron chi connectivity index (χ2n) is 7.77. The Morgan fingerprint density at radius 1 is 1.03 bits per heavy atom. The average Bonchev–Trinajstić information content (AvgIpc) is 2.78. The van der Waals surface area contributed by atoms with Gasteiger partial charge in [-0.2, -0.15) is 0 Å². The van der Waals surface area contributed by atoms with Gasteiger partial charge >= 0.3 is 12.0 Å². The molecule has 0 aromatic heterocycles. The van der Waals surface area contributed by atoms with E-state index in [0.717, 1.165) is 24.2 Å². The van der Waals surface area contributed by atoms with Crippen LogP contribution in [0.5, 0.6) is 11.5 Å². The molecule has 0 radical (unpaired) electrons. The number of esters is 1. The fourth-order valence-electron chi connectivity index (χ4n) is 3.39. The van der Waals surface area contributed by atoms with Crippen molar-refractivity contribution in [2.24, 2.45) is 0 Å². The molecule has 7 heteroatoms. The Bertz CT molecular complexity index is 965. The molecule has 170 valence electrons. The maximum atomic E-state index is 13.1.